The lowest BCUT2D eigenvalue weighted by Gasteiger charge is -1.40. The van der Waals surface area contributed by atoms with Crippen molar-refractivity contribution >= 4 is 0 Å². The zero-order chi connectivity index (χ0) is 2.71. The maximum absolute atomic E-state index is 4.61. The van der Waals surface area contributed by atoms with E-state index in [-0.39, 0.29) is 9.41 Å². The lowest BCUT2D eigenvalue weighted by Crippen LogP contribution is -1.67. The summed E-state index contributed by atoms with van der Waals surface area (Å²) in [6, 6.07) is 0. The Labute approximate surface area is 29.2 Å². The van der Waals surface area contributed by atoms with Crippen molar-refractivity contribution in [3.63, 3.8) is 0 Å². The lowest BCUT2D eigenvalue weighted by molar-refractivity contribution is 1.11. The van der Waals surface area contributed by atoms with Crippen molar-refractivity contribution in [3.8, 4) is 0 Å². The van der Waals surface area contributed by atoms with Gasteiger partial charge in [0.05, 0.1) is 0 Å². The van der Waals surface area contributed by atoms with E-state index in [2.05, 4.69) is 12.3 Å². The second-order valence-electron chi connectivity index (χ2n) is 0.236. The molecular weight excluding hydrogens is 76.0 g/mol. The molecule has 5 heavy (non-hydrogen) atoms. The molecule has 0 spiro atoms. The SMILES string of the molecule is C=CN.F.F. The Morgan fingerprint density at radius 2 is 1.40 bits per heavy atom. The van der Waals surface area contributed by atoms with E-state index in [0.29, 0.717) is 0 Å². The highest BCUT2D eigenvalue weighted by molar-refractivity contribution is 4.48. The Hall–Kier alpha value is -0.600. The van der Waals surface area contributed by atoms with Crippen LogP contribution >= 0.6 is 0 Å². The summed E-state index contributed by atoms with van der Waals surface area (Å²) in [7, 11) is 0. The topological polar surface area (TPSA) is 26.0 Å². The molecule has 0 aliphatic heterocycles. The van der Waals surface area contributed by atoms with Gasteiger partial charge in [0.25, 0.3) is 0 Å². The Bertz CT molecular complexity index is 15.1. The smallest absolute Gasteiger partial charge is 0.0136 e. The molecule has 0 aromatic rings. The molecule has 0 unspecified atom stereocenters. The molecule has 0 aliphatic carbocycles. The van der Waals surface area contributed by atoms with Gasteiger partial charge in [-0.3, -0.25) is 9.41 Å². The molecule has 0 radical (unpaired) electrons. The number of hydrogen-bond acceptors (Lipinski definition) is 1. The van der Waals surface area contributed by atoms with Gasteiger partial charge in [-0.2, -0.15) is 0 Å². The van der Waals surface area contributed by atoms with Gasteiger partial charge in [0.1, 0.15) is 0 Å². The molecule has 0 amide bonds. The standard InChI is InChI=1S/C2H5N.2FH/c1-2-3;;/h2H,1,3H2;2*1H. The van der Waals surface area contributed by atoms with Crippen LogP contribution in [0.4, 0.5) is 9.41 Å². The molecule has 34 valence electrons. The van der Waals surface area contributed by atoms with E-state index < -0.39 is 0 Å². The van der Waals surface area contributed by atoms with Crippen molar-refractivity contribution in [1.29, 1.82) is 0 Å². The number of halogens is 2. The van der Waals surface area contributed by atoms with Gasteiger partial charge >= 0.3 is 0 Å². The third-order valence-electron chi connectivity index (χ3n) is 0. The van der Waals surface area contributed by atoms with Crippen molar-refractivity contribution in [2.24, 2.45) is 5.73 Å². The first-order valence-electron chi connectivity index (χ1n) is 0.742. The van der Waals surface area contributed by atoms with Crippen LogP contribution in [-0.2, 0) is 0 Å². The summed E-state index contributed by atoms with van der Waals surface area (Å²) in [5, 5.41) is 0. The van der Waals surface area contributed by atoms with E-state index in [1.165, 1.54) is 6.20 Å². The van der Waals surface area contributed by atoms with E-state index in [4.69, 9.17) is 0 Å². The molecule has 0 aliphatic rings. The minimum Gasteiger partial charge on any atom is -0.405 e. The van der Waals surface area contributed by atoms with Crippen LogP contribution in [-0.4, -0.2) is 0 Å². The van der Waals surface area contributed by atoms with Crippen molar-refractivity contribution in [3.05, 3.63) is 12.8 Å². The Kier molecular flexibility index (Phi) is 635. The second kappa shape index (κ2) is 122. The minimum absolute atomic E-state index is 0. The zero-order valence-electron chi connectivity index (χ0n) is 2.68. The number of hydrogen-bond donors (Lipinski definition) is 1. The second-order valence-corrected chi connectivity index (χ2v) is 0.236. The van der Waals surface area contributed by atoms with Crippen molar-refractivity contribution < 1.29 is 9.41 Å². The summed E-state index contributed by atoms with van der Waals surface area (Å²) >= 11 is 0. The van der Waals surface area contributed by atoms with E-state index in [9.17, 15) is 0 Å². The maximum Gasteiger partial charge on any atom is -0.0136 e. The van der Waals surface area contributed by atoms with Crippen molar-refractivity contribution in [2.75, 3.05) is 0 Å². The highest BCUT2D eigenvalue weighted by Gasteiger charge is 1.09. The highest BCUT2D eigenvalue weighted by Crippen LogP contribution is 1.13. The summed E-state index contributed by atoms with van der Waals surface area (Å²) in [6.07, 6.45) is 1.25. The molecule has 0 saturated heterocycles. The zero-order valence-corrected chi connectivity index (χ0v) is 2.68. The summed E-state index contributed by atoms with van der Waals surface area (Å²) in [5.41, 5.74) is 4.61. The largest absolute Gasteiger partial charge is 0.405 e. The fraction of sp³-hybridized carbons (Fsp3) is 0. The molecule has 0 fully saturated rings. The predicted molar refractivity (Wildman–Crippen MR) is 19.4 cm³/mol. The highest BCUT2D eigenvalue weighted by atomic mass is 19.0. The molecule has 0 atom stereocenters. The van der Waals surface area contributed by atoms with Gasteiger partial charge in [-0.25, -0.2) is 0 Å². The Morgan fingerprint density at radius 1 is 1.40 bits per heavy atom. The van der Waals surface area contributed by atoms with Gasteiger partial charge in [-0.1, -0.05) is 6.58 Å². The third kappa shape index (κ3) is 18.5. The first-order valence-corrected chi connectivity index (χ1v) is 0.742. The first-order chi connectivity index (χ1) is 1.41. The Balaban J connectivity index is -0.0000000200. The average Bonchev–Trinajstić information content (AvgIpc) is 0.918. The molecule has 0 aromatic heterocycles. The fourth-order valence-corrected chi connectivity index (χ4v) is 0. The van der Waals surface area contributed by atoms with Gasteiger partial charge in [0.15, 0.2) is 0 Å². The molecule has 0 heterocycles. The van der Waals surface area contributed by atoms with Crippen LogP contribution in [0, 0.1) is 0 Å². The monoisotopic (exact) mass is 83.1 g/mol. The van der Waals surface area contributed by atoms with E-state index in [0.717, 1.165) is 0 Å². The summed E-state index contributed by atoms with van der Waals surface area (Å²) in [4.78, 5) is 0. The maximum atomic E-state index is 4.61. The molecule has 3 heteroatoms. The fourth-order valence-electron chi connectivity index (χ4n) is 0. The third-order valence-corrected chi connectivity index (χ3v) is 0. The van der Waals surface area contributed by atoms with Gasteiger partial charge in [-0.05, 0) is 6.20 Å². The van der Waals surface area contributed by atoms with Gasteiger partial charge in [0.2, 0.25) is 0 Å². The average molecular weight is 83.1 g/mol. The summed E-state index contributed by atoms with van der Waals surface area (Å²) < 4.78 is 0. The van der Waals surface area contributed by atoms with Crippen LogP contribution < -0.4 is 5.73 Å². The predicted octanol–water partition coefficient (Wildman–Crippen LogP) is 0.394. The molecule has 0 rings (SSSR count). The normalized spacial score (nSPS) is 2.40. The lowest BCUT2D eigenvalue weighted by atomic mass is 11.1. The summed E-state index contributed by atoms with van der Waals surface area (Å²) in [5.74, 6) is 0. The minimum atomic E-state index is 0. The van der Waals surface area contributed by atoms with Gasteiger partial charge in [-0.15, -0.1) is 0 Å². The van der Waals surface area contributed by atoms with Gasteiger partial charge in [0, 0.05) is 0 Å². The quantitative estimate of drug-likeness (QED) is 0.450. The van der Waals surface area contributed by atoms with E-state index in [1.54, 1.807) is 0 Å². The molecular formula is C2H7F2N. The number of rotatable bonds is 0. The molecule has 0 bridgehead atoms. The Morgan fingerprint density at radius 3 is 1.40 bits per heavy atom. The van der Waals surface area contributed by atoms with Crippen LogP contribution in [0.15, 0.2) is 12.8 Å². The molecule has 2 N–H and O–H groups in total. The van der Waals surface area contributed by atoms with Crippen LogP contribution in [0.5, 0.6) is 0 Å². The van der Waals surface area contributed by atoms with Crippen LogP contribution in [0.25, 0.3) is 0 Å². The van der Waals surface area contributed by atoms with Gasteiger partial charge < -0.3 is 5.73 Å². The van der Waals surface area contributed by atoms with E-state index >= 15 is 0 Å². The summed E-state index contributed by atoms with van der Waals surface area (Å²) in [6.45, 7) is 3.14. The van der Waals surface area contributed by atoms with Crippen LogP contribution in [0.2, 0.25) is 0 Å². The first kappa shape index (κ1) is 26.0. The number of nitrogens with two attached hydrogens (primary N) is 1. The molecule has 0 aromatic carbocycles. The molecule has 1 nitrogen and oxygen atoms in total. The van der Waals surface area contributed by atoms with Crippen molar-refractivity contribution in [2.45, 2.75) is 0 Å². The van der Waals surface area contributed by atoms with Crippen molar-refractivity contribution in [1.82, 2.24) is 0 Å². The van der Waals surface area contributed by atoms with Crippen LogP contribution in [0.1, 0.15) is 0 Å². The van der Waals surface area contributed by atoms with E-state index in [1.807, 2.05) is 0 Å². The molecule has 0 saturated carbocycles. The van der Waals surface area contributed by atoms with Crippen LogP contribution in [0.3, 0.4) is 0 Å².